The van der Waals surface area contributed by atoms with Gasteiger partial charge in [-0.05, 0) is 35.1 Å². The molecule has 1 nitrogen and oxygen atoms in total. The first kappa shape index (κ1) is 16.7. The van der Waals surface area contributed by atoms with Crippen LogP contribution in [-0.4, -0.2) is 0 Å². The normalized spacial score (nSPS) is 10.4. The molecule has 0 aliphatic carbocycles. The van der Waals surface area contributed by atoms with Crippen LogP contribution in [0, 0.1) is 11.7 Å². The van der Waals surface area contributed by atoms with Crippen LogP contribution < -0.4 is 5.73 Å². The van der Waals surface area contributed by atoms with Gasteiger partial charge in [-0.25, -0.2) is 4.39 Å². The molecule has 2 aromatic rings. The molecule has 0 aliphatic rings. The third-order valence-corrected chi connectivity index (χ3v) is 3.20. The summed E-state index contributed by atoms with van der Waals surface area (Å²) in [5.74, 6) is 0.415. The van der Waals surface area contributed by atoms with Gasteiger partial charge in [0.1, 0.15) is 5.82 Å². The highest BCUT2D eigenvalue weighted by Crippen LogP contribution is 2.23. The molecule has 2 aromatic carbocycles. The predicted molar refractivity (Wildman–Crippen MR) is 85.5 cm³/mol. The van der Waals surface area contributed by atoms with Gasteiger partial charge in [0.2, 0.25) is 0 Å². The van der Waals surface area contributed by atoms with Crippen molar-refractivity contribution in [2.24, 2.45) is 11.7 Å². The maximum absolute atomic E-state index is 13.7. The lowest BCUT2D eigenvalue weighted by Crippen LogP contribution is -1.99. The van der Waals surface area contributed by atoms with Crippen LogP contribution in [0.5, 0.6) is 0 Å². The van der Waals surface area contributed by atoms with Gasteiger partial charge in [-0.2, -0.15) is 0 Å². The molecule has 108 valence electrons. The summed E-state index contributed by atoms with van der Waals surface area (Å²) in [5, 5.41) is 0. The minimum absolute atomic E-state index is 0. The summed E-state index contributed by atoms with van der Waals surface area (Å²) in [6, 6.07) is 13.6. The second-order valence-electron chi connectivity index (χ2n) is 5.31. The second kappa shape index (κ2) is 7.41. The third kappa shape index (κ3) is 4.06. The van der Waals surface area contributed by atoms with E-state index in [0.29, 0.717) is 11.5 Å². The number of hydrogen-bond acceptors (Lipinski definition) is 1. The Kier molecular flexibility index (Phi) is 6.18. The molecule has 0 saturated heterocycles. The van der Waals surface area contributed by atoms with Crippen molar-refractivity contribution in [2.75, 3.05) is 0 Å². The van der Waals surface area contributed by atoms with E-state index >= 15 is 0 Å². The van der Waals surface area contributed by atoms with Crippen LogP contribution in [-0.2, 0) is 13.0 Å². The van der Waals surface area contributed by atoms with Gasteiger partial charge >= 0.3 is 0 Å². The monoisotopic (exact) mass is 293 g/mol. The fraction of sp³-hybridized carbons (Fsp3) is 0.294. The van der Waals surface area contributed by atoms with Crippen molar-refractivity contribution in [2.45, 2.75) is 26.8 Å². The molecule has 0 spiro atoms. The first-order valence-electron chi connectivity index (χ1n) is 6.68. The molecule has 0 atom stereocenters. The molecule has 2 N–H and O–H groups in total. The van der Waals surface area contributed by atoms with E-state index in [9.17, 15) is 4.39 Å². The average molecular weight is 294 g/mol. The van der Waals surface area contributed by atoms with Crippen LogP contribution in [0.2, 0.25) is 0 Å². The lowest BCUT2D eigenvalue weighted by Gasteiger charge is -2.08. The zero-order valence-corrected chi connectivity index (χ0v) is 12.7. The van der Waals surface area contributed by atoms with Crippen LogP contribution in [0.15, 0.2) is 42.5 Å². The minimum Gasteiger partial charge on any atom is -0.326 e. The van der Waals surface area contributed by atoms with Crippen molar-refractivity contribution in [3.05, 3.63) is 59.4 Å². The zero-order chi connectivity index (χ0) is 13.8. The Morgan fingerprint density at radius 2 is 1.60 bits per heavy atom. The Bertz CT molecular complexity index is 549. The van der Waals surface area contributed by atoms with Crippen LogP contribution in [0.1, 0.15) is 25.0 Å². The standard InChI is InChI=1S/C17H20FN.ClH/c1-12(2)9-13-3-5-14(6-4-13)15-7-8-16(11-19)17(18)10-15;/h3-8,10,12H,9,11,19H2,1-2H3;1H. The molecule has 0 aliphatic heterocycles. The van der Waals surface area contributed by atoms with Gasteiger partial charge in [-0.15, -0.1) is 12.4 Å². The molecule has 0 saturated carbocycles. The summed E-state index contributed by atoms with van der Waals surface area (Å²) in [6.45, 7) is 4.64. The second-order valence-corrected chi connectivity index (χ2v) is 5.31. The quantitative estimate of drug-likeness (QED) is 0.878. The lowest BCUT2D eigenvalue weighted by molar-refractivity contribution is 0.611. The number of nitrogens with two attached hydrogens (primary N) is 1. The Balaban J connectivity index is 0.00000200. The molecule has 0 aromatic heterocycles. The van der Waals surface area contributed by atoms with E-state index in [4.69, 9.17) is 5.73 Å². The van der Waals surface area contributed by atoms with E-state index in [1.807, 2.05) is 6.07 Å². The highest BCUT2D eigenvalue weighted by Gasteiger charge is 2.04. The van der Waals surface area contributed by atoms with Crippen LogP contribution >= 0.6 is 12.4 Å². The van der Waals surface area contributed by atoms with E-state index < -0.39 is 0 Å². The van der Waals surface area contributed by atoms with Gasteiger partial charge in [-0.1, -0.05) is 50.2 Å². The fourth-order valence-corrected chi connectivity index (χ4v) is 2.20. The average Bonchev–Trinajstić information content (AvgIpc) is 2.39. The van der Waals surface area contributed by atoms with E-state index in [2.05, 4.69) is 38.1 Å². The molecule has 0 bridgehead atoms. The first-order valence-corrected chi connectivity index (χ1v) is 6.68. The topological polar surface area (TPSA) is 26.0 Å². The predicted octanol–water partition coefficient (Wildman–Crippen LogP) is 4.57. The molecular weight excluding hydrogens is 273 g/mol. The highest BCUT2D eigenvalue weighted by atomic mass is 35.5. The Hall–Kier alpha value is -1.38. The Labute approximate surface area is 126 Å². The van der Waals surface area contributed by atoms with Crippen molar-refractivity contribution >= 4 is 12.4 Å². The van der Waals surface area contributed by atoms with Gasteiger partial charge in [0.25, 0.3) is 0 Å². The van der Waals surface area contributed by atoms with Crippen LogP contribution in [0.4, 0.5) is 4.39 Å². The summed E-state index contributed by atoms with van der Waals surface area (Å²) in [7, 11) is 0. The molecule has 20 heavy (non-hydrogen) atoms. The summed E-state index contributed by atoms with van der Waals surface area (Å²) in [5.41, 5.74) is 9.27. The molecule has 0 radical (unpaired) electrons. The summed E-state index contributed by atoms with van der Waals surface area (Å²) in [6.07, 6.45) is 1.07. The molecule has 0 amide bonds. The van der Waals surface area contributed by atoms with E-state index in [1.54, 1.807) is 12.1 Å². The van der Waals surface area contributed by atoms with Crippen molar-refractivity contribution in [3.63, 3.8) is 0 Å². The van der Waals surface area contributed by atoms with Gasteiger partial charge in [-0.3, -0.25) is 0 Å². The maximum atomic E-state index is 13.7. The number of rotatable bonds is 4. The van der Waals surface area contributed by atoms with Crippen molar-refractivity contribution in [1.29, 1.82) is 0 Å². The van der Waals surface area contributed by atoms with Gasteiger partial charge in [0.05, 0.1) is 0 Å². The smallest absolute Gasteiger partial charge is 0.128 e. The largest absolute Gasteiger partial charge is 0.326 e. The van der Waals surface area contributed by atoms with Gasteiger partial charge < -0.3 is 5.73 Å². The SMILES string of the molecule is CC(C)Cc1ccc(-c2ccc(CN)c(F)c2)cc1.Cl. The fourth-order valence-electron chi connectivity index (χ4n) is 2.20. The molecule has 3 heteroatoms. The van der Waals surface area contributed by atoms with Crippen molar-refractivity contribution in [1.82, 2.24) is 0 Å². The third-order valence-electron chi connectivity index (χ3n) is 3.20. The molecule has 0 fully saturated rings. The van der Waals surface area contributed by atoms with Crippen molar-refractivity contribution < 1.29 is 4.39 Å². The summed E-state index contributed by atoms with van der Waals surface area (Å²) < 4.78 is 13.7. The van der Waals surface area contributed by atoms with E-state index in [1.165, 1.54) is 5.56 Å². The molecule has 0 unspecified atom stereocenters. The summed E-state index contributed by atoms with van der Waals surface area (Å²) >= 11 is 0. The zero-order valence-electron chi connectivity index (χ0n) is 11.9. The van der Waals surface area contributed by atoms with Crippen LogP contribution in [0.25, 0.3) is 11.1 Å². The maximum Gasteiger partial charge on any atom is 0.128 e. The van der Waals surface area contributed by atoms with Gasteiger partial charge in [0.15, 0.2) is 0 Å². The molecule has 0 heterocycles. The van der Waals surface area contributed by atoms with Crippen LogP contribution in [0.3, 0.4) is 0 Å². The van der Waals surface area contributed by atoms with Crippen molar-refractivity contribution in [3.8, 4) is 11.1 Å². The van der Waals surface area contributed by atoms with Gasteiger partial charge in [0, 0.05) is 12.1 Å². The highest BCUT2D eigenvalue weighted by molar-refractivity contribution is 5.85. The lowest BCUT2D eigenvalue weighted by atomic mass is 9.98. The minimum atomic E-state index is -0.230. The number of hydrogen-bond donors (Lipinski definition) is 1. The summed E-state index contributed by atoms with van der Waals surface area (Å²) in [4.78, 5) is 0. The van der Waals surface area contributed by atoms with E-state index in [-0.39, 0.29) is 24.8 Å². The Morgan fingerprint density at radius 3 is 2.10 bits per heavy atom. The molecular formula is C17H21ClFN. The first-order chi connectivity index (χ1) is 9.10. The number of benzene rings is 2. The number of halogens is 2. The molecule has 2 rings (SSSR count). The Morgan fingerprint density at radius 1 is 1.00 bits per heavy atom. The van der Waals surface area contributed by atoms with E-state index in [0.717, 1.165) is 17.5 Å².